The van der Waals surface area contributed by atoms with Crippen LogP contribution in [0, 0.1) is 6.92 Å². The number of hydrogen-bond donors (Lipinski definition) is 1. The highest BCUT2D eigenvalue weighted by Crippen LogP contribution is 2.27. The molecule has 0 amide bonds. The van der Waals surface area contributed by atoms with Crippen molar-refractivity contribution in [3.8, 4) is 0 Å². The van der Waals surface area contributed by atoms with Gasteiger partial charge in [0.2, 0.25) is 0 Å². The van der Waals surface area contributed by atoms with E-state index in [-0.39, 0.29) is 0 Å². The number of fused-ring (bicyclic) bond motifs is 1. The van der Waals surface area contributed by atoms with Gasteiger partial charge < -0.3 is 10.2 Å². The Morgan fingerprint density at radius 1 is 1.26 bits per heavy atom. The summed E-state index contributed by atoms with van der Waals surface area (Å²) in [4.78, 5) is 2.45. The molecule has 19 heavy (non-hydrogen) atoms. The van der Waals surface area contributed by atoms with Gasteiger partial charge >= 0.3 is 0 Å². The molecule has 0 bridgehead atoms. The molecule has 1 aliphatic heterocycles. The third-order valence-electron chi connectivity index (χ3n) is 3.53. The minimum atomic E-state index is 0.933. The molecule has 0 radical (unpaired) electrons. The van der Waals surface area contributed by atoms with E-state index in [2.05, 4.69) is 52.7 Å². The molecule has 0 aliphatic carbocycles. The molecule has 2 heterocycles. The molecule has 100 valence electrons. The first-order chi connectivity index (χ1) is 9.33. The molecule has 1 aromatic heterocycles. The molecule has 0 fully saturated rings. The Kier molecular flexibility index (Phi) is 3.40. The Balaban J connectivity index is 1.73. The molecule has 1 aliphatic rings. The molecule has 0 unspecified atom stereocenters. The summed E-state index contributed by atoms with van der Waals surface area (Å²) in [5.74, 6) is 0. The quantitative estimate of drug-likeness (QED) is 0.916. The van der Waals surface area contributed by atoms with Gasteiger partial charge in [0.05, 0.1) is 24.1 Å². The number of rotatable bonds is 3. The van der Waals surface area contributed by atoms with Crippen molar-refractivity contribution in [3.63, 3.8) is 0 Å². The molecular weight excluding hydrogens is 236 g/mol. The van der Waals surface area contributed by atoms with Crippen LogP contribution in [-0.4, -0.2) is 29.4 Å². The van der Waals surface area contributed by atoms with E-state index in [0.717, 1.165) is 26.2 Å². The lowest BCUT2D eigenvalue weighted by Crippen LogP contribution is -2.28. The standard InChI is InChI=1S/C15H20N4/c1-13-11-17-19(12-13)10-9-18-8-4-7-16-14-5-2-3-6-15(14)18/h2-3,5-6,11-12,16H,4,7-10H2,1H3. The third-order valence-corrected chi connectivity index (χ3v) is 3.53. The van der Waals surface area contributed by atoms with Gasteiger partial charge in [0.1, 0.15) is 0 Å². The number of benzene rings is 1. The molecule has 0 saturated heterocycles. The summed E-state index contributed by atoms with van der Waals surface area (Å²) in [5.41, 5.74) is 3.78. The average molecular weight is 256 g/mol. The van der Waals surface area contributed by atoms with Gasteiger partial charge in [-0.25, -0.2) is 0 Å². The van der Waals surface area contributed by atoms with Crippen LogP contribution in [0.5, 0.6) is 0 Å². The zero-order valence-corrected chi connectivity index (χ0v) is 11.3. The first-order valence-corrected chi connectivity index (χ1v) is 6.90. The zero-order chi connectivity index (χ0) is 13.1. The van der Waals surface area contributed by atoms with E-state index >= 15 is 0 Å². The maximum atomic E-state index is 4.35. The van der Waals surface area contributed by atoms with Gasteiger partial charge in [-0.05, 0) is 31.0 Å². The summed E-state index contributed by atoms with van der Waals surface area (Å²) in [6.07, 6.45) is 5.19. The lowest BCUT2D eigenvalue weighted by atomic mass is 10.2. The fourth-order valence-electron chi connectivity index (χ4n) is 2.56. The average Bonchev–Trinajstić information content (AvgIpc) is 2.73. The van der Waals surface area contributed by atoms with Crippen LogP contribution in [0.2, 0.25) is 0 Å². The largest absolute Gasteiger partial charge is 0.383 e. The smallest absolute Gasteiger partial charge is 0.0602 e. The van der Waals surface area contributed by atoms with Crippen LogP contribution in [0.25, 0.3) is 0 Å². The first-order valence-electron chi connectivity index (χ1n) is 6.90. The van der Waals surface area contributed by atoms with Crippen molar-refractivity contribution in [2.24, 2.45) is 0 Å². The SMILES string of the molecule is Cc1cnn(CCN2CCCNc3ccccc32)c1. The Hall–Kier alpha value is -1.97. The fraction of sp³-hybridized carbons (Fsp3) is 0.400. The fourth-order valence-corrected chi connectivity index (χ4v) is 2.56. The van der Waals surface area contributed by atoms with Crippen molar-refractivity contribution in [1.29, 1.82) is 0 Å². The molecule has 0 spiro atoms. The van der Waals surface area contributed by atoms with Crippen molar-refractivity contribution < 1.29 is 0 Å². The van der Waals surface area contributed by atoms with E-state index in [1.54, 1.807) is 0 Å². The van der Waals surface area contributed by atoms with E-state index < -0.39 is 0 Å². The molecular formula is C15H20N4. The Morgan fingerprint density at radius 2 is 2.16 bits per heavy atom. The van der Waals surface area contributed by atoms with Crippen molar-refractivity contribution >= 4 is 11.4 Å². The van der Waals surface area contributed by atoms with Crippen LogP contribution < -0.4 is 10.2 Å². The van der Waals surface area contributed by atoms with Crippen molar-refractivity contribution in [2.45, 2.75) is 19.9 Å². The highest BCUT2D eigenvalue weighted by Gasteiger charge is 2.14. The number of nitrogens with one attached hydrogen (secondary N) is 1. The monoisotopic (exact) mass is 256 g/mol. The van der Waals surface area contributed by atoms with Crippen LogP contribution >= 0.6 is 0 Å². The second-order valence-corrected chi connectivity index (χ2v) is 5.07. The molecule has 2 aromatic rings. The van der Waals surface area contributed by atoms with Gasteiger partial charge in [0.15, 0.2) is 0 Å². The maximum Gasteiger partial charge on any atom is 0.0602 e. The molecule has 4 nitrogen and oxygen atoms in total. The lowest BCUT2D eigenvalue weighted by Gasteiger charge is -2.24. The third kappa shape index (κ3) is 2.72. The van der Waals surface area contributed by atoms with Crippen LogP contribution in [-0.2, 0) is 6.54 Å². The van der Waals surface area contributed by atoms with E-state index in [1.165, 1.54) is 23.4 Å². The van der Waals surface area contributed by atoms with E-state index in [9.17, 15) is 0 Å². The second-order valence-electron chi connectivity index (χ2n) is 5.07. The summed E-state index contributed by atoms with van der Waals surface area (Å²) in [5, 5.41) is 7.85. The van der Waals surface area contributed by atoms with Gasteiger partial charge in [0, 0.05) is 25.8 Å². The predicted octanol–water partition coefficient (Wildman–Crippen LogP) is 2.51. The summed E-state index contributed by atoms with van der Waals surface area (Å²) >= 11 is 0. The summed E-state index contributed by atoms with van der Waals surface area (Å²) in [6, 6.07) is 8.55. The van der Waals surface area contributed by atoms with Crippen molar-refractivity contribution in [2.75, 3.05) is 29.9 Å². The second kappa shape index (κ2) is 5.34. The van der Waals surface area contributed by atoms with Gasteiger partial charge in [0.25, 0.3) is 0 Å². The highest BCUT2D eigenvalue weighted by atomic mass is 15.3. The van der Waals surface area contributed by atoms with Gasteiger partial charge in [-0.3, -0.25) is 4.68 Å². The summed E-state index contributed by atoms with van der Waals surface area (Å²) < 4.78 is 2.02. The molecule has 4 heteroatoms. The van der Waals surface area contributed by atoms with Crippen LogP contribution in [0.15, 0.2) is 36.7 Å². The molecule has 1 aromatic carbocycles. The van der Waals surface area contributed by atoms with E-state index in [1.807, 2.05) is 10.9 Å². The van der Waals surface area contributed by atoms with Crippen molar-refractivity contribution in [1.82, 2.24) is 9.78 Å². The zero-order valence-electron chi connectivity index (χ0n) is 11.3. The molecule has 1 N–H and O–H groups in total. The number of para-hydroxylation sites is 2. The maximum absolute atomic E-state index is 4.35. The van der Waals surface area contributed by atoms with E-state index in [4.69, 9.17) is 0 Å². The van der Waals surface area contributed by atoms with E-state index in [0.29, 0.717) is 0 Å². The Labute approximate surface area is 114 Å². The topological polar surface area (TPSA) is 33.1 Å². The normalized spacial score (nSPS) is 14.7. The number of anilines is 2. The van der Waals surface area contributed by atoms with Crippen LogP contribution in [0.4, 0.5) is 11.4 Å². The number of nitrogens with zero attached hydrogens (tertiary/aromatic N) is 3. The minimum absolute atomic E-state index is 0.933. The lowest BCUT2D eigenvalue weighted by molar-refractivity contribution is 0.593. The van der Waals surface area contributed by atoms with Crippen molar-refractivity contribution in [3.05, 3.63) is 42.2 Å². The highest BCUT2D eigenvalue weighted by molar-refractivity contribution is 5.70. The predicted molar refractivity (Wildman–Crippen MR) is 78.7 cm³/mol. The summed E-state index contributed by atoms with van der Waals surface area (Å²) in [6.45, 7) is 6.16. The summed E-state index contributed by atoms with van der Waals surface area (Å²) in [7, 11) is 0. The van der Waals surface area contributed by atoms with Gasteiger partial charge in [-0.2, -0.15) is 5.10 Å². The van der Waals surface area contributed by atoms with Gasteiger partial charge in [-0.1, -0.05) is 12.1 Å². The van der Waals surface area contributed by atoms with Crippen LogP contribution in [0.3, 0.4) is 0 Å². The Bertz CT molecular complexity index is 547. The first kappa shape index (κ1) is 12.1. The molecule has 3 rings (SSSR count). The van der Waals surface area contributed by atoms with Crippen LogP contribution in [0.1, 0.15) is 12.0 Å². The molecule has 0 atom stereocenters. The minimum Gasteiger partial charge on any atom is -0.383 e. The molecule has 0 saturated carbocycles. The number of aryl methyl sites for hydroxylation is 1. The number of hydrogen-bond acceptors (Lipinski definition) is 3. The Morgan fingerprint density at radius 3 is 3.00 bits per heavy atom. The number of aromatic nitrogens is 2. The van der Waals surface area contributed by atoms with Gasteiger partial charge in [-0.15, -0.1) is 0 Å².